The topological polar surface area (TPSA) is 9.86 Å². The molecule has 0 unspecified atom stereocenters. The molecule has 0 radical (unpaired) electrons. The van der Waals surface area contributed by atoms with Gasteiger partial charge in [0.15, 0.2) is 0 Å². The van der Waals surface area contributed by atoms with Crippen molar-refractivity contribution in [2.45, 2.75) is 27.2 Å². The molecular formula is C32H30N2. The minimum absolute atomic E-state index is 0.953. The SMILES string of the molecule is C=Cc1c(CC)c(/C=C\C)n(-c2ccc3c(c2)c2ccccc2n3-c2ccccc2)c1/C=C\C. The number of fused-ring (bicyclic) bond motifs is 3. The van der Waals surface area contributed by atoms with Crippen LogP contribution in [0.3, 0.4) is 0 Å². The molecule has 0 saturated carbocycles. The first-order valence-corrected chi connectivity index (χ1v) is 12.0. The lowest BCUT2D eigenvalue weighted by molar-refractivity contribution is 1.02. The Bertz CT molecular complexity index is 1560. The van der Waals surface area contributed by atoms with E-state index in [0.29, 0.717) is 0 Å². The number of allylic oxidation sites excluding steroid dienone is 2. The van der Waals surface area contributed by atoms with Crippen molar-refractivity contribution in [1.29, 1.82) is 0 Å². The standard InChI is InChI=1S/C32H30N2/c1-5-14-29-25(7-3)26(8-4)30(15-6-2)34(29)24-20-21-32-28(22-24)27-18-12-13-19-31(27)33(32)23-16-10-9-11-17-23/h5-7,9-22H,3,8H2,1-2,4H3/b14-5-,15-6-. The summed E-state index contributed by atoms with van der Waals surface area (Å²) in [5.41, 5.74) is 9.70. The lowest BCUT2D eigenvalue weighted by Gasteiger charge is -2.12. The molecule has 0 bridgehead atoms. The van der Waals surface area contributed by atoms with E-state index in [1.165, 1.54) is 50.0 Å². The van der Waals surface area contributed by atoms with Crippen LogP contribution in [0.2, 0.25) is 0 Å². The van der Waals surface area contributed by atoms with Crippen molar-refractivity contribution in [1.82, 2.24) is 9.13 Å². The maximum absolute atomic E-state index is 4.14. The summed E-state index contributed by atoms with van der Waals surface area (Å²) in [7, 11) is 0. The lowest BCUT2D eigenvalue weighted by Crippen LogP contribution is -2.00. The summed E-state index contributed by atoms with van der Waals surface area (Å²) in [4.78, 5) is 0. The lowest BCUT2D eigenvalue weighted by atomic mass is 10.1. The van der Waals surface area contributed by atoms with Gasteiger partial charge in [-0.2, -0.15) is 0 Å². The summed E-state index contributed by atoms with van der Waals surface area (Å²) in [6.45, 7) is 10.5. The second-order valence-corrected chi connectivity index (χ2v) is 8.45. The van der Waals surface area contributed by atoms with Crippen LogP contribution in [0.15, 0.2) is 91.5 Å². The molecule has 5 rings (SSSR count). The number of nitrogens with zero attached hydrogens (tertiary/aromatic N) is 2. The van der Waals surface area contributed by atoms with Crippen LogP contribution < -0.4 is 0 Å². The first-order chi connectivity index (χ1) is 16.7. The Balaban J connectivity index is 1.87. The highest BCUT2D eigenvalue weighted by molar-refractivity contribution is 6.10. The molecule has 2 heteroatoms. The molecule has 0 fully saturated rings. The highest BCUT2D eigenvalue weighted by Crippen LogP contribution is 2.36. The van der Waals surface area contributed by atoms with Crippen LogP contribution in [-0.2, 0) is 6.42 Å². The van der Waals surface area contributed by atoms with Crippen molar-refractivity contribution in [2.75, 3.05) is 0 Å². The minimum Gasteiger partial charge on any atom is -0.310 e. The van der Waals surface area contributed by atoms with Crippen LogP contribution in [0.5, 0.6) is 0 Å². The molecule has 0 aliphatic rings. The average Bonchev–Trinajstić information content (AvgIpc) is 3.36. The van der Waals surface area contributed by atoms with Crippen LogP contribution >= 0.6 is 0 Å². The van der Waals surface area contributed by atoms with Gasteiger partial charge >= 0.3 is 0 Å². The Hall–Kier alpha value is -4.04. The van der Waals surface area contributed by atoms with Crippen LogP contribution in [0, 0.1) is 0 Å². The number of hydrogen-bond acceptors (Lipinski definition) is 0. The van der Waals surface area contributed by atoms with Gasteiger partial charge < -0.3 is 9.13 Å². The van der Waals surface area contributed by atoms with Gasteiger partial charge in [-0.15, -0.1) is 0 Å². The molecule has 34 heavy (non-hydrogen) atoms. The van der Waals surface area contributed by atoms with Crippen molar-refractivity contribution in [3.05, 3.63) is 114 Å². The normalized spacial score (nSPS) is 12.0. The maximum Gasteiger partial charge on any atom is 0.0542 e. The van der Waals surface area contributed by atoms with Gasteiger partial charge in [-0.3, -0.25) is 0 Å². The molecule has 0 aliphatic heterocycles. The fraction of sp³-hybridized carbons (Fsp3) is 0.125. The fourth-order valence-electron chi connectivity index (χ4n) is 5.17. The smallest absolute Gasteiger partial charge is 0.0542 e. The first kappa shape index (κ1) is 21.8. The molecule has 2 nitrogen and oxygen atoms in total. The van der Waals surface area contributed by atoms with E-state index in [-0.39, 0.29) is 0 Å². The summed E-state index contributed by atoms with van der Waals surface area (Å²) in [6.07, 6.45) is 11.6. The zero-order chi connectivity index (χ0) is 23.7. The second kappa shape index (κ2) is 9.07. The van der Waals surface area contributed by atoms with Gasteiger partial charge in [-0.05, 0) is 74.4 Å². The summed E-state index contributed by atoms with van der Waals surface area (Å²) in [6, 6.07) is 26.1. The Labute approximate surface area is 201 Å². The van der Waals surface area contributed by atoms with Gasteiger partial charge in [0.2, 0.25) is 0 Å². The Morgan fingerprint density at radius 1 is 0.706 bits per heavy atom. The number of aromatic nitrogens is 2. The molecule has 0 atom stereocenters. The van der Waals surface area contributed by atoms with E-state index >= 15 is 0 Å². The number of hydrogen-bond donors (Lipinski definition) is 0. The molecule has 3 aromatic carbocycles. The highest BCUT2D eigenvalue weighted by atomic mass is 15.0. The van der Waals surface area contributed by atoms with E-state index < -0.39 is 0 Å². The Morgan fingerprint density at radius 2 is 1.38 bits per heavy atom. The largest absolute Gasteiger partial charge is 0.310 e. The van der Waals surface area contributed by atoms with E-state index in [1.54, 1.807) is 0 Å². The quantitative estimate of drug-likeness (QED) is 0.248. The average molecular weight is 443 g/mol. The molecule has 0 saturated heterocycles. The van der Waals surface area contributed by atoms with Gasteiger partial charge in [-0.1, -0.05) is 68.1 Å². The zero-order valence-corrected chi connectivity index (χ0v) is 20.1. The number of benzene rings is 3. The first-order valence-electron chi connectivity index (χ1n) is 12.0. The molecule has 168 valence electrons. The van der Waals surface area contributed by atoms with E-state index in [9.17, 15) is 0 Å². The van der Waals surface area contributed by atoms with Crippen molar-refractivity contribution in [3.8, 4) is 11.4 Å². The number of para-hydroxylation sites is 2. The van der Waals surface area contributed by atoms with Gasteiger partial charge in [0.1, 0.15) is 0 Å². The fourth-order valence-corrected chi connectivity index (χ4v) is 5.17. The molecule has 0 aliphatic carbocycles. The van der Waals surface area contributed by atoms with Crippen molar-refractivity contribution >= 4 is 40.0 Å². The molecule has 0 N–H and O–H groups in total. The van der Waals surface area contributed by atoms with Crippen LogP contribution in [-0.4, -0.2) is 9.13 Å². The van der Waals surface area contributed by atoms with E-state index in [1.807, 2.05) is 6.08 Å². The zero-order valence-electron chi connectivity index (χ0n) is 20.1. The van der Waals surface area contributed by atoms with Crippen LogP contribution in [0.4, 0.5) is 0 Å². The molecule has 2 aromatic heterocycles. The van der Waals surface area contributed by atoms with E-state index in [4.69, 9.17) is 0 Å². The van der Waals surface area contributed by atoms with Gasteiger partial charge in [0.25, 0.3) is 0 Å². The maximum atomic E-state index is 4.14. The third kappa shape index (κ3) is 3.34. The van der Waals surface area contributed by atoms with E-state index in [2.05, 4.69) is 134 Å². The van der Waals surface area contributed by atoms with E-state index in [0.717, 1.165) is 12.1 Å². The molecule has 5 aromatic rings. The molecule has 0 spiro atoms. The summed E-state index contributed by atoms with van der Waals surface area (Å²) >= 11 is 0. The van der Waals surface area contributed by atoms with Gasteiger partial charge in [-0.25, -0.2) is 0 Å². The Morgan fingerprint density at radius 3 is 2.09 bits per heavy atom. The van der Waals surface area contributed by atoms with Crippen LogP contribution in [0.25, 0.3) is 51.4 Å². The predicted octanol–water partition coefficient (Wildman–Crippen LogP) is 8.85. The predicted molar refractivity (Wildman–Crippen MR) is 149 cm³/mol. The molecular weight excluding hydrogens is 412 g/mol. The third-order valence-corrected chi connectivity index (χ3v) is 6.53. The van der Waals surface area contributed by atoms with Crippen LogP contribution in [0.1, 0.15) is 43.3 Å². The van der Waals surface area contributed by atoms with Crippen molar-refractivity contribution in [2.24, 2.45) is 0 Å². The van der Waals surface area contributed by atoms with Gasteiger partial charge in [0.05, 0.1) is 16.7 Å². The van der Waals surface area contributed by atoms with Crippen molar-refractivity contribution < 1.29 is 0 Å². The third-order valence-electron chi connectivity index (χ3n) is 6.53. The molecule has 2 heterocycles. The second-order valence-electron chi connectivity index (χ2n) is 8.45. The summed E-state index contributed by atoms with van der Waals surface area (Å²) in [5, 5.41) is 2.51. The number of rotatable bonds is 6. The minimum atomic E-state index is 0.953. The molecule has 0 amide bonds. The Kier molecular flexibility index (Phi) is 5.81. The summed E-state index contributed by atoms with van der Waals surface area (Å²) < 4.78 is 4.74. The van der Waals surface area contributed by atoms with Crippen molar-refractivity contribution in [3.63, 3.8) is 0 Å². The summed E-state index contributed by atoms with van der Waals surface area (Å²) in [5.74, 6) is 0. The van der Waals surface area contributed by atoms with Gasteiger partial charge in [0, 0.05) is 33.4 Å². The highest BCUT2D eigenvalue weighted by Gasteiger charge is 2.19. The monoisotopic (exact) mass is 442 g/mol.